The molecule has 12 heavy (non-hydrogen) atoms. The molecule has 1 rings (SSSR count). The monoisotopic (exact) mass is 170 g/mol. The van der Waals surface area contributed by atoms with Crippen molar-refractivity contribution < 1.29 is 4.79 Å². The van der Waals surface area contributed by atoms with Crippen LogP contribution in [-0.2, 0) is 4.79 Å². The van der Waals surface area contributed by atoms with Crippen LogP contribution in [0.5, 0.6) is 0 Å². The van der Waals surface area contributed by atoms with E-state index in [0.29, 0.717) is 5.41 Å². The van der Waals surface area contributed by atoms with Crippen LogP contribution in [0.1, 0.15) is 20.3 Å². The first kappa shape index (κ1) is 9.52. The number of likely N-dealkylation sites (tertiary alicyclic amines) is 1. The molecule has 0 bridgehead atoms. The first-order chi connectivity index (χ1) is 5.63. The lowest BCUT2D eigenvalue weighted by Gasteiger charge is -2.49. The number of nitrogens with one attached hydrogen (secondary N) is 1. The quantitative estimate of drug-likeness (QED) is 0.667. The summed E-state index contributed by atoms with van der Waals surface area (Å²) in [7, 11) is 1.97. The minimum atomic E-state index is 0.204. The molecule has 1 heterocycles. The number of amides is 1. The topological polar surface area (TPSA) is 32.3 Å². The summed E-state index contributed by atoms with van der Waals surface area (Å²) < 4.78 is 0. The molecule has 0 aromatic heterocycles. The van der Waals surface area contributed by atoms with Crippen molar-refractivity contribution in [3.8, 4) is 0 Å². The van der Waals surface area contributed by atoms with Crippen LogP contribution in [0.2, 0.25) is 0 Å². The molecule has 0 atom stereocenters. The highest BCUT2D eigenvalue weighted by Gasteiger charge is 2.41. The van der Waals surface area contributed by atoms with Crippen LogP contribution in [0.3, 0.4) is 0 Å². The SMILES string of the molecule is CCC1(CNC)CN(C(C)=O)C1. The standard InChI is InChI=1S/C9H18N2O/c1-4-9(5-10-3)6-11(7-9)8(2)12/h10H,4-7H2,1-3H3. The van der Waals surface area contributed by atoms with Crippen LogP contribution < -0.4 is 5.32 Å². The highest BCUT2D eigenvalue weighted by atomic mass is 16.2. The molecule has 1 aliphatic heterocycles. The predicted molar refractivity (Wildman–Crippen MR) is 48.9 cm³/mol. The Bertz CT molecular complexity index is 173. The fourth-order valence-corrected chi connectivity index (χ4v) is 1.82. The second kappa shape index (κ2) is 3.44. The summed E-state index contributed by atoms with van der Waals surface area (Å²) in [4.78, 5) is 12.8. The van der Waals surface area contributed by atoms with Crippen LogP contribution in [0, 0.1) is 5.41 Å². The van der Waals surface area contributed by atoms with Crippen molar-refractivity contribution in [2.45, 2.75) is 20.3 Å². The van der Waals surface area contributed by atoms with Gasteiger partial charge in [0.1, 0.15) is 0 Å². The van der Waals surface area contributed by atoms with E-state index in [-0.39, 0.29) is 5.91 Å². The van der Waals surface area contributed by atoms with E-state index < -0.39 is 0 Å². The van der Waals surface area contributed by atoms with Crippen molar-refractivity contribution in [1.29, 1.82) is 0 Å². The van der Waals surface area contributed by atoms with Gasteiger partial charge in [0.15, 0.2) is 0 Å². The molecule has 1 amide bonds. The third-order valence-electron chi connectivity index (χ3n) is 2.80. The zero-order valence-electron chi connectivity index (χ0n) is 8.18. The summed E-state index contributed by atoms with van der Waals surface area (Å²) in [5, 5.41) is 3.18. The molecule has 3 nitrogen and oxygen atoms in total. The maximum Gasteiger partial charge on any atom is 0.219 e. The van der Waals surface area contributed by atoms with E-state index in [2.05, 4.69) is 12.2 Å². The van der Waals surface area contributed by atoms with Crippen LogP contribution in [0.4, 0.5) is 0 Å². The lowest BCUT2D eigenvalue weighted by molar-refractivity contribution is -0.140. The second-order valence-electron chi connectivity index (χ2n) is 3.76. The van der Waals surface area contributed by atoms with E-state index in [1.807, 2.05) is 11.9 Å². The number of nitrogens with zero attached hydrogens (tertiary/aromatic N) is 1. The fourth-order valence-electron chi connectivity index (χ4n) is 1.82. The summed E-state index contributed by atoms with van der Waals surface area (Å²) >= 11 is 0. The largest absolute Gasteiger partial charge is 0.342 e. The number of rotatable bonds is 3. The van der Waals surface area contributed by atoms with Crippen LogP contribution in [0.15, 0.2) is 0 Å². The molecule has 0 aromatic carbocycles. The first-order valence-corrected chi connectivity index (χ1v) is 4.54. The Balaban J connectivity index is 2.40. The van der Waals surface area contributed by atoms with Crippen LogP contribution in [0.25, 0.3) is 0 Å². The van der Waals surface area contributed by atoms with Gasteiger partial charge in [0, 0.05) is 32.0 Å². The highest BCUT2D eigenvalue weighted by molar-refractivity contribution is 5.74. The Kier molecular flexibility index (Phi) is 2.73. The van der Waals surface area contributed by atoms with E-state index in [1.165, 1.54) is 0 Å². The third kappa shape index (κ3) is 1.61. The highest BCUT2D eigenvalue weighted by Crippen LogP contribution is 2.32. The lowest BCUT2D eigenvalue weighted by atomic mass is 9.77. The zero-order valence-corrected chi connectivity index (χ0v) is 8.18. The predicted octanol–water partition coefficient (Wildman–Crippen LogP) is 0.464. The number of hydrogen-bond donors (Lipinski definition) is 1. The van der Waals surface area contributed by atoms with E-state index >= 15 is 0 Å². The van der Waals surface area contributed by atoms with Gasteiger partial charge < -0.3 is 10.2 Å². The Morgan fingerprint density at radius 1 is 1.58 bits per heavy atom. The van der Waals surface area contributed by atoms with E-state index in [4.69, 9.17) is 0 Å². The Morgan fingerprint density at radius 2 is 2.17 bits per heavy atom. The molecule has 0 spiro atoms. The van der Waals surface area contributed by atoms with Gasteiger partial charge in [-0.05, 0) is 13.5 Å². The normalized spacial score (nSPS) is 20.4. The molecule has 1 fully saturated rings. The molecular formula is C9H18N2O. The van der Waals surface area contributed by atoms with Gasteiger partial charge in [-0.2, -0.15) is 0 Å². The van der Waals surface area contributed by atoms with E-state index in [1.54, 1.807) is 6.92 Å². The molecule has 1 aliphatic rings. The Hall–Kier alpha value is -0.570. The summed E-state index contributed by atoms with van der Waals surface area (Å²) in [6.07, 6.45) is 1.15. The Morgan fingerprint density at radius 3 is 2.50 bits per heavy atom. The molecular weight excluding hydrogens is 152 g/mol. The number of carbonyl (C=O) groups excluding carboxylic acids is 1. The molecule has 0 radical (unpaired) electrons. The molecule has 0 aromatic rings. The molecule has 0 saturated carbocycles. The molecule has 0 aliphatic carbocycles. The van der Waals surface area contributed by atoms with Gasteiger partial charge in [-0.25, -0.2) is 0 Å². The van der Waals surface area contributed by atoms with Crippen molar-refractivity contribution in [2.24, 2.45) is 5.41 Å². The van der Waals surface area contributed by atoms with Gasteiger partial charge in [0.25, 0.3) is 0 Å². The maximum atomic E-state index is 10.9. The summed E-state index contributed by atoms with van der Waals surface area (Å²) in [5.41, 5.74) is 0.362. The van der Waals surface area contributed by atoms with Crippen LogP contribution >= 0.6 is 0 Å². The first-order valence-electron chi connectivity index (χ1n) is 4.54. The van der Waals surface area contributed by atoms with Gasteiger partial charge in [-0.3, -0.25) is 4.79 Å². The molecule has 0 unspecified atom stereocenters. The number of carbonyl (C=O) groups is 1. The van der Waals surface area contributed by atoms with Gasteiger partial charge in [0.05, 0.1) is 0 Å². The lowest BCUT2D eigenvalue weighted by Crippen LogP contribution is -2.61. The van der Waals surface area contributed by atoms with Crippen molar-refractivity contribution in [2.75, 3.05) is 26.7 Å². The molecule has 3 heteroatoms. The molecule has 1 N–H and O–H groups in total. The minimum Gasteiger partial charge on any atom is -0.342 e. The third-order valence-corrected chi connectivity index (χ3v) is 2.80. The van der Waals surface area contributed by atoms with Gasteiger partial charge >= 0.3 is 0 Å². The molecule has 1 saturated heterocycles. The fraction of sp³-hybridized carbons (Fsp3) is 0.889. The van der Waals surface area contributed by atoms with Crippen molar-refractivity contribution >= 4 is 5.91 Å². The van der Waals surface area contributed by atoms with E-state index in [9.17, 15) is 4.79 Å². The average molecular weight is 170 g/mol. The van der Waals surface area contributed by atoms with Crippen molar-refractivity contribution in [3.63, 3.8) is 0 Å². The zero-order chi connectivity index (χ0) is 9.19. The smallest absolute Gasteiger partial charge is 0.219 e. The van der Waals surface area contributed by atoms with Gasteiger partial charge in [-0.15, -0.1) is 0 Å². The van der Waals surface area contributed by atoms with Crippen molar-refractivity contribution in [3.05, 3.63) is 0 Å². The number of hydrogen-bond acceptors (Lipinski definition) is 2. The summed E-state index contributed by atoms with van der Waals surface area (Å²) in [5.74, 6) is 0.204. The van der Waals surface area contributed by atoms with Crippen LogP contribution in [-0.4, -0.2) is 37.5 Å². The minimum absolute atomic E-state index is 0.204. The summed E-state index contributed by atoms with van der Waals surface area (Å²) in [6.45, 7) is 6.71. The average Bonchev–Trinajstić information content (AvgIpc) is 1.95. The molecule has 70 valence electrons. The Labute approximate surface area is 74.1 Å². The van der Waals surface area contributed by atoms with Crippen molar-refractivity contribution in [1.82, 2.24) is 10.2 Å². The maximum absolute atomic E-state index is 10.9. The summed E-state index contributed by atoms with van der Waals surface area (Å²) in [6, 6.07) is 0. The van der Waals surface area contributed by atoms with Gasteiger partial charge in [-0.1, -0.05) is 6.92 Å². The second-order valence-corrected chi connectivity index (χ2v) is 3.76. The van der Waals surface area contributed by atoms with Gasteiger partial charge in [0.2, 0.25) is 5.91 Å². The van der Waals surface area contributed by atoms with E-state index in [0.717, 1.165) is 26.1 Å².